The molecule has 24 heavy (non-hydrogen) atoms. The minimum Gasteiger partial charge on any atom is -0.379 e. The van der Waals surface area contributed by atoms with Crippen molar-refractivity contribution in [3.05, 3.63) is 28.2 Å². The fraction of sp³-hybridized carbons (Fsp3) is 0.600. The molecule has 0 aromatic carbocycles. The Balaban J connectivity index is 1.58. The fourth-order valence-corrected chi connectivity index (χ4v) is 6.03. The average molecular weight is 369 g/mol. The first-order valence-corrected chi connectivity index (χ1v) is 10.2. The van der Waals surface area contributed by atoms with Crippen molar-refractivity contribution in [2.75, 3.05) is 13.1 Å². The van der Waals surface area contributed by atoms with Gasteiger partial charge in [0, 0.05) is 23.8 Å². The molecule has 9 heteroatoms. The Hall–Kier alpha value is -1.29. The van der Waals surface area contributed by atoms with E-state index < -0.39 is 15.6 Å². The summed E-state index contributed by atoms with van der Waals surface area (Å²) < 4.78 is 32.4. The van der Waals surface area contributed by atoms with Crippen LogP contribution in [0.3, 0.4) is 0 Å². The number of aryl methyl sites for hydroxylation is 2. The summed E-state index contributed by atoms with van der Waals surface area (Å²) in [5.41, 5.74) is -0.451. The van der Waals surface area contributed by atoms with Gasteiger partial charge in [-0.1, -0.05) is 5.16 Å². The first kappa shape index (κ1) is 16.2. The molecule has 1 saturated heterocycles. The first-order chi connectivity index (χ1) is 11.3. The number of thiophene rings is 1. The molecule has 0 bridgehead atoms. The zero-order valence-corrected chi connectivity index (χ0v) is 15.2. The van der Waals surface area contributed by atoms with E-state index in [-0.39, 0.29) is 25.4 Å². The number of aromatic nitrogens is 2. The molecule has 2 aliphatic rings. The van der Waals surface area contributed by atoms with E-state index in [9.17, 15) is 13.5 Å². The van der Waals surface area contributed by atoms with Gasteiger partial charge in [0.25, 0.3) is 15.9 Å². The van der Waals surface area contributed by atoms with Gasteiger partial charge in [-0.3, -0.25) is 0 Å². The lowest BCUT2D eigenvalue weighted by atomic mass is 10.0. The van der Waals surface area contributed by atoms with Gasteiger partial charge in [0.2, 0.25) is 0 Å². The predicted molar refractivity (Wildman–Crippen MR) is 87.3 cm³/mol. The van der Waals surface area contributed by atoms with Crippen LogP contribution in [-0.4, -0.2) is 41.1 Å². The Morgan fingerprint density at radius 1 is 1.42 bits per heavy atom. The van der Waals surface area contributed by atoms with Gasteiger partial charge in [-0.15, -0.1) is 11.3 Å². The summed E-state index contributed by atoms with van der Waals surface area (Å²) in [7, 11) is -3.61. The van der Waals surface area contributed by atoms with E-state index in [0.717, 1.165) is 23.3 Å². The summed E-state index contributed by atoms with van der Waals surface area (Å²) in [4.78, 5) is 5.27. The van der Waals surface area contributed by atoms with Crippen molar-refractivity contribution < 1.29 is 18.0 Å². The minimum absolute atomic E-state index is 0.0579. The fourth-order valence-electron chi connectivity index (χ4n) is 2.86. The SMILES string of the molecule is Cc1cc(S(=O)(=O)N2CC[C@@](O)(c3nc(C4CC4)no3)C2)sc1C. The highest BCUT2D eigenvalue weighted by Gasteiger charge is 2.47. The molecular weight excluding hydrogens is 350 g/mol. The van der Waals surface area contributed by atoms with Gasteiger partial charge in [0.1, 0.15) is 4.21 Å². The van der Waals surface area contributed by atoms with E-state index in [1.807, 2.05) is 13.8 Å². The lowest BCUT2D eigenvalue weighted by Crippen LogP contribution is -2.34. The van der Waals surface area contributed by atoms with Gasteiger partial charge in [-0.25, -0.2) is 8.42 Å². The Bertz CT molecular complexity index is 865. The second-order valence-corrected chi connectivity index (χ2v) is 10.1. The van der Waals surface area contributed by atoms with Gasteiger partial charge >= 0.3 is 0 Å². The number of sulfonamides is 1. The number of β-amino-alcohol motifs (C(OH)–C–C–N with tert-alkyl or cyclic N) is 1. The Morgan fingerprint density at radius 2 is 2.17 bits per heavy atom. The number of nitrogens with zero attached hydrogens (tertiary/aromatic N) is 3. The molecule has 1 aliphatic carbocycles. The monoisotopic (exact) mass is 369 g/mol. The Labute approximate surface area is 144 Å². The molecule has 3 heterocycles. The molecule has 1 aliphatic heterocycles. The zero-order valence-electron chi connectivity index (χ0n) is 13.5. The third-order valence-electron chi connectivity index (χ3n) is 4.73. The Morgan fingerprint density at radius 3 is 2.79 bits per heavy atom. The van der Waals surface area contributed by atoms with Crippen LogP contribution in [0.15, 0.2) is 14.8 Å². The van der Waals surface area contributed by atoms with Crippen molar-refractivity contribution in [3.63, 3.8) is 0 Å². The lowest BCUT2D eigenvalue weighted by molar-refractivity contribution is 0.0194. The molecule has 130 valence electrons. The molecule has 2 fully saturated rings. The summed E-state index contributed by atoms with van der Waals surface area (Å²) >= 11 is 1.26. The highest BCUT2D eigenvalue weighted by atomic mass is 32.2. The highest BCUT2D eigenvalue weighted by Crippen LogP contribution is 2.40. The van der Waals surface area contributed by atoms with Crippen LogP contribution >= 0.6 is 11.3 Å². The number of aliphatic hydroxyl groups is 1. The maximum atomic E-state index is 12.8. The number of rotatable bonds is 4. The standard InChI is InChI=1S/C15H19N3O4S2/c1-9-7-12(23-10(9)2)24(20,21)18-6-5-15(19,8-18)14-16-13(17-22-14)11-3-4-11/h7,11,19H,3-6,8H2,1-2H3/t15-/m0/s1. The smallest absolute Gasteiger partial charge is 0.260 e. The molecule has 0 amide bonds. The van der Waals surface area contributed by atoms with Gasteiger partial charge < -0.3 is 9.63 Å². The third-order valence-corrected chi connectivity index (χ3v) is 8.18. The van der Waals surface area contributed by atoms with Crippen molar-refractivity contribution in [2.45, 2.75) is 48.8 Å². The third kappa shape index (κ3) is 2.59. The number of hydrogen-bond donors (Lipinski definition) is 1. The summed E-state index contributed by atoms with van der Waals surface area (Å²) in [5, 5.41) is 14.7. The molecule has 2 aromatic rings. The van der Waals surface area contributed by atoms with Crippen LogP contribution in [0.4, 0.5) is 0 Å². The van der Waals surface area contributed by atoms with E-state index in [2.05, 4.69) is 10.1 Å². The molecular formula is C15H19N3O4S2. The Kier molecular flexibility index (Phi) is 3.61. The molecule has 0 unspecified atom stereocenters. The topological polar surface area (TPSA) is 96.5 Å². The molecule has 7 nitrogen and oxygen atoms in total. The molecule has 4 rings (SSSR count). The molecule has 1 atom stereocenters. The van der Waals surface area contributed by atoms with Crippen LogP contribution in [0, 0.1) is 13.8 Å². The van der Waals surface area contributed by atoms with E-state index in [4.69, 9.17) is 4.52 Å². The zero-order chi connectivity index (χ0) is 17.1. The van der Waals surface area contributed by atoms with Crippen LogP contribution < -0.4 is 0 Å². The van der Waals surface area contributed by atoms with Crippen molar-refractivity contribution in [1.29, 1.82) is 0 Å². The highest BCUT2D eigenvalue weighted by molar-refractivity contribution is 7.91. The summed E-state index contributed by atoms with van der Waals surface area (Å²) in [5.74, 6) is 1.06. The summed E-state index contributed by atoms with van der Waals surface area (Å²) in [6.07, 6.45) is 2.33. The van der Waals surface area contributed by atoms with Crippen LogP contribution in [0.5, 0.6) is 0 Å². The van der Waals surface area contributed by atoms with Crippen LogP contribution in [-0.2, 0) is 15.6 Å². The molecule has 2 aromatic heterocycles. The second kappa shape index (κ2) is 5.35. The first-order valence-electron chi connectivity index (χ1n) is 7.93. The van der Waals surface area contributed by atoms with E-state index in [1.165, 1.54) is 15.6 Å². The molecule has 0 spiro atoms. The molecule has 1 saturated carbocycles. The van der Waals surface area contributed by atoms with E-state index in [1.54, 1.807) is 6.07 Å². The minimum atomic E-state index is -3.61. The summed E-state index contributed by atoms with van der Waals surface area (Å²) in [6, 6.07) is 1.69. The van der Waals surface area contributed by atoms with Gasteiger partial charge in [-0.2, -0.15) is 9.29 Å². The predicted octanol–water partition coefficient (Wildman–Crippen LogP) is 1.91. The largest absolute Gasteiger partial charge is 0.379 e. The molecule has 0 radical (unpaired) electrons. The maximum absolute atomic E-state index is 12.8. The van der Waals surface area contributed by atoms with Crippen LogP contribution in [0.2, 0.25) is 0 Å². The van der Waals surface area contributed by atoms with E-state index in [0.29, 0.717) is 16.0 Å². The van der Waals surface area contributed by atoms with Gasteiger partial charge in [-0.05, 0) is 38.3 Å². The lowest BCUT2D eigenvalue weighted by Gasteiger charge is -2.19. The van der Waals surface area contributed by atoms with Crippen LogP contribution in [0.25, 0.3) is 0 Å². The van der Waals surface area contributed by atoms with E-state index >= 15 is 0 Å². The summed E-state index contributed by atoms with van der Waals surface area (Å²) in [6.45, 7) is 3.97. The van der Waals surface area contributed by atoms with Crippen molar-refractivity contribution in [3.8, 4) is 0 Å². The van der Waals surface area contributed by atoms with Crippen molar-refractivity contribution >= 4 is 21.4 Å². The van der Waals surface area contributed by atoms with Gasteiger partial charge in [0.15, 0.2) is 11.4 Å². The number of hydrogen-bond acceptors (Lipinski definition) is 7. The molecule has 1 N–H and O–H groups in total. The quantitative estimate of drug-likeness (QED) is 0.884. The van der Waals surface area contributed by atoms with Crippen molar-refractivity contribution in [2.24, 2.45) is 0 Å². The van der Waals surface area contributed by atoms with Crippen LogP contribution in [0.1, 0.15) is 47.3 Å². The maximum Gasteiger partial charge on any atom is 0.260 e. The van der Waals surface area contributed by atoms with Crippen molar-refractivity contribution in [1.82, 2.24) is 14.4 Å². The second-order valence-electron chi connectivity index (χ2n) is 6.66. The van der Waals surface area contributed by atoms with Gasteiger partial charge in [0.05, 0.1) is 6.54 Å². The normalized spacial score (nSPS) is 25.5. The average Bonchev–Trinajstić information content (AvgIpc) is 2.95.